The van der Waals surface area contributed by atoms with Crippen LogP contribution in [0.3, 0.4) is 0 Å². The number of benzene rings is 1. The zero-order valence-corrected chi connectivity index (χ0v) is 13.0. The van der Waals surface area contributed by atoms with E-state index < -0.39 is 5.91 Å². The van der Waals surface area contributed by atoms with Gasteiger partial charge in [0.25, 0.3) is 11.8 Å². The Morgan fingerprint density at radius 2 is 1.90 bits per heavy atom. The molecule has 118 valence electrons. The van der Waals surface area contributed by atoms with E-state index in [1.165, 1.54) is 0 Å². The van der Waals surface area contributed by atoms with Crippen LogP contribution in [0.1, 0.15) is 24.2 Å². The van der Waals surface area contributed by atoms with E-state index in [9.17, 15) is 9.59 Å². The average molecular weight is 316 g/mol. The van der Waals surface area contributed by atoms with Crippen molar-refractivity contribution in [3.63, 3.8) is 0 Å². The molecule has 2 amide bonds. The van der Waals surface area contributed by atoms with Gasteiger partial charge in [-0.25, -0.2) is 0 Å². The Hall–Kier alpha value is -1.79. The standard InChI is InChI=1S/C14H21N3O3.ClH/c1-3-16-10(2)8-17-14(19)11-4-6-12(7-5-11)20-9-13(15)18;/h4-7,10,16H,3,8-9H2,1-2H3,(H2,15,18)(H,17,19);1H/t10-;/m1./s1. The van der Waals surface area contributed by atoms with Crippen LogP contribution in [0.5, 0.6) is 5.75 Å². The molecule has 0 aliphatic carbocycles. The molecule has 0 aliphatic rings. The first kappa shape index (κ1) is 19.2. The minimum Gasteiger partial charge on any atom is -0.484 e. The number of likely N-dealkylation sites (N-methyl/N-ethyl adjacent to an activating group) is 1. The molecule has 0 saturated heterocycles. The highest BCUT2D eigenvalue weighted by molar-refractivity contribution is 5.94. The van der Waals surface area contributed by atoms with E-state index in [1.807, 2.05) is 13.8 Å². The molecular weight excluding hydrogens is 294 g/mol. The second-order valence-electron chi connectivity index (χ2n) is 4.45. The number of carbonyl (C=O) groups excluding carboxylic acids is 2. The molecule has 0 spiro atoms. The molecular formula is C14H22ClN3O3. The van der Waals surface area contributed by atoms with Gasteiger partial charge in [0.2, 0.25) is 0 Å². The third kappa shape index (κ3) is 7.53. The van der Waals surface area contributed by atoms with Crippen LogP contribution in [-0.4, -0.2) is 37.6 Å². The Bertz CT molecular complexity index is 451. The Kier molecular flexibility index (Phi) is 9.16. The van der Waals surface area contributed by atoms with Crippen LogP contribution in [0.2, 0.25) is 0 Å². The summed E-state index contributed by atoms with van der Waals surface area (Å²) in [6.45, 7) is 5.27. The maximum atomic E-state index is 11.9. The first-order valence-electron chi connectivity index (χ1n) is 6.55. The van der Waals surface area contributed by atoms with Crippen molar-refractivity contribution in [2.24, 2.45) is 5.73 Å². The summed E-state index contributed by atoms with van der Waals surface area (Å²) in [5.41, 5.74) is 5.52. The molecule has 0 bridgehead atoms. The third-order valence-electron chi connectivity index (χ3n) is 2.62. The number of amides is 2. The van der Waals surface area contributed by atoms with Crippen molar-refractivity contribution in [1.82, 2.24) is 10.6 Å². The van der Waals surface area contributed by atoms with Crippen LogP contribution >= 0.6 is 12.4 Å². The topological polar surface area (TPSA) is 93.4 Å². The molecule has 0 saturated carbocycles. The van der Waals surface area contributed by atoms with E-state index in [-0.39, 0.29) is 31.0 Å². The number of carbonyl (C=O) groups is 2. The van der Waals surface area contributed by atoms with E-state index in [0.717, 1.165) is 6.54 Å². The lowest BCUT2D eigenvalue weighted by molar-refractivity contribution is -0.119. The van der Waals surface area contributed by atoms with E-state index in [0.29, 0.717) is 17.9 Å². The van der Waals surface area contributed by atoms with Gasteiger partial charge in [-0.3, -0.25) is 9.59 Å². The highest BCUT2D eigenvalue weighted by Crippen LogP contribution is 2.11. The lowest BCUT2D eigenvalue weighted by Gasteiger charge is -2.13. The van der Waals surface area contributed by atoms with Gasteiger partial charge in [0.15, 0.2) is 6.61 Å². The second-order valence-corrected chi connectivity index (χ2v) is 4.45. The Balaban J connectivity index is 0.00000400. The van der Waals surface area contributed by atoms with Crippen LogP contribution in [0.15, 0.2) is 24.3 Å². The molecule has 6 nitrogen and oxygen atoms in total. The van der Waals surface area contributed by atoms with Crippen LogP contribution in [-0.2, 0) is 4.79 Å². The highest BCUT2D eigenvalue weighted by Gasteiger charge is 2.07. The van der Waals surface area contributed by atoms with Crippen LogP contribution < -0.4 is 21.1 Å². The third-order valence-corrected chi connectivity index (χ3v) is 2.62. The molecule has 1 aromatic carbocycles. The zero-order chi connectivity index (χ0) is 15.0. The van der Waals surface area contributed by atoms with Crippen molar-refractivity contribution in [1.29, 1.82) is 0 Å². The van der Waals surface area contributed by atoms with Crippen molar-refractivity contribution in [3.05, 3.63) is 29.8 Å². The van der Waals surface area contributed by atoms with Crippen molar-refractivity contribution in [2.45, 2.75) is 19.9 Å². The molecule has 21 heavy (non-hydrogen) atoms. The summed E-state index contributed by atoms with van der Waals surface area (Å²) >= 11 is 0. The molecule has 1 atom stereocenters. The van der Waals surface area contributed by atoms with Gasteiger partial charge >= 0.3 is 0 Å². The molecule has 1 aromatic rings. The van der Waals surface area contributed by atoms with E-state index >= 15 is 0 Å². The van der Waals surface area contributed by atoms with Gasteiger partial charge in [-0.05, 0) is 37.7 Å². The minimum absolute atomic E-state index is 0. The Morgan fingerprint density at radius 3 is 2.43 bits per heavy atom. The lowest BCUT2D eigenvalue weighted by atomic mass is 10.2. The van der Waals surface area contributed by atoms with Gasteiger partial charge < -0.3 is 21.1 Å². The predicted octanol–water partition coefficient (Wildman–Crippen LogP) is 0.700. The fourth-order valence-corrected chi connectivity index (χ4v) is 1.63. The maximum absolute atomic E-state index is 11.9. The molecule has 4 N–H and O–H groups in total. The number of hydrogen-bond donors (Lipinski definition) is 3. The normalized spacial score (nSPS) is 11.1. The molecule has 0 aromatic heterocycles. The van der Waals surface area contributed by atoms with Gasteiger partial charge in [0.05, 0.1) is 0 Å². The van der Waals surface area contributed by atoms with Gasteiger partial charge in [-0.15, -0.1) is 12.4 Å². The Labute approximate surface area is 130 Å². The summed E-state index contributed by atoms with van der Waals surface area (Å²) in [6.07, 6.45) is 0. The SMILES string of the molecule is CCN[C@H](C)CNC(=O)c1ccc(OCC(N)=O)cc1.Cl. The maximum Gasteiger partial charge on any atom is 0.255 e. The van der Waals surface area contributed by atoms with Gasteiger partial charge in [-0.2, -0.15) is 0 Å². The second kappa shape index (κ2) is 10.0. The number of nitrogens with one attached hydrogen (secondary N) is 2. The number of halogens is 1. The first-order valence-corrected chi connectivity index (χ1v) is 6.55. The number of primary amides is 1. The van der Waals surface area contributed by atoms with E-state index in [2.05, 4.69) is 10.6 Å². The minimum atomic E-state index is -0.538. The van der Waals surface area contributed by atoms with Gasteiger partial charge in [0, 0.05) is 18.2 Å². The number of rotatable bonds is 8. The summed E-state index contributed by atoms with van der Waals surface area (Å²) in [6, 6.07) is 6.77. The molecule has 1 rings (SSSR count). The fraction of sp³-hybridized carbons (Fsp3) is 0.429. The van der Waals surface area contributed by atoms with Gasteiger partial charge in [0.1, 0.15) is 5.75 Å². The smallest absolute Gasteiger partial charge is 0.255 e. The van der Waals surface area contributed by atoms with E-state index in [4.69, 9.17) is 10.5 Å². The summed E-state index contributed by atoms with van der Waals surface area (Å²) in [4.78, 5) is 22.5. The molecule has 0 unspecified atom stereocenters. The quantitative estimate of drug-likeness (QED) is 0.658. The van der Waals surface area contributed by atoms with Crippen LogP contribution in [0.4, 0.5) is 0 Å². The van der Waals surface area contributed by atoms with Crippen molar-refractivity contribution < 1.29 is 14.3 Å². The number of nitrogens with two attached hydrogens (primary N) is 1. The summed E-state index contributed by atoms with van der Waals surface area (Å²) in [5.74, 6) is -0.179. The predicted molar refractivity (Wildman–Crippen MR) is 83.9 cm³/mol. The molecule has 0 fully saturated rings. The summed E-state index contributed by atoms with van der Waals surface area (Å²) in [5, 5.41) is 6.05. The van der Waals surface area contributed by atoms with Crippen molar-refractivity contribution in [3.8, 4) is 5.75 Å². The van der Waals surface area contributed by atoms with Crippen molar-refractivity contribution in [2.75, 3.05) is 19.7 Å². The van der Waals surface area contributed by atoms with E-state index in [1.54, 1.807) is 24.3 Å². The van der Waals surface area contributed by atoms with Gasteiger partial charge in [-0.1, -0.05) is 6.92 Å². The largest absolute Gasteiger partial charge is 0.484 e. The number of hydrogen-bond acceptors (Lipinski definition) is 4. The lowest BCUT2D eigenvalue weighted by Crippen LogP contribution is -2.38. The fourth-order valence-electron chi connectivity index (χ4n) is 1.63. The molecule has 7 heteroatoms. The Morgan fingerprint density at radius 1 is 1.29 bits per heavy atom. The molecule has 0 heterocycles. The molecule has 0 aliphatic heterocycles. The van der Waals surface area contributed by atoms with Crippen LogP contribution in [0, 0.1) is 0 Å². The first-order chi connectivity index (χ1) is 9.52. The number of ether oxygens (including phenoxy) is 1. The van der Waals surface area contributed by atoms with Crippen LogP contribution in [0.25, 0.3) is 0 Å². The average Bonchev–Trinajstić information content (AvgIpc) is 2.43. The summed E-state index contributed by atoms with van der Waals surface area (Å²) < 4.78 is 5.12. The molecule has 0 radical (unpaired) electrons. The zero-order valence-electron chi connectivity index (χ0n) is 12.2. The highest BCUT2D eigenvalue weighted by atomic mass is 35.5. The monoisotopic (exact) mass is 315 g/mol. The summed E-state index contributed by atoms with van der Waals surface area (Å²) in [7, 11) is 0. The van der Waals surface area contributed by atoms with Crippen molar-refractivity contribution >= 4 is 24.2 Å².